The van der Waals surface area contributed by atoms with Crippen molar-refractivity contribution in [1.29, 1.82) is 0 Å². The zero-order valence-corrected chi connectivity index (χ0v) is 13.8. The summed E-state index contributed by atoms with van der Waals surface area (Å²) in [5.41, 5.74) is 0.978. The molecule has 0 bridgehead atoms. The zero-order chi connectivity index (χ0) is 16.0. The second-order valence-electron chi connectivity index (χ2n) is 5.23. The zero-order valence-electron chi connectivity index (χ0n) is 13.8. The summed E-state index contributed by atoms with van der Waals surface area (Å²) in [6.45, 7) is 5.71. The van der Waals surface area contributed by atoms with Crippen LogP contribution >= 0.6 is 0 Å². The summed E-state index contributed by atoms with van der Waals surface area (Å²) in [5, 5.41) is 0. The van der Waals surface area contributed by atoms with Gasteiger partial charge in [0.05, 0.1) is 6.42 Å². The molecule has 0 heterocycles. The molecular formula is C18H28O4. The number of rotatable bonds is 12. The molecule has 0 saturated carbocycles. The molecule has 22 heavy (non-hydrogen) atoms. The van der Waals surface area contributed by atoms with Crippen LogP contribution in [-0.4, -0.2) is 25.5 Å². The molecule has 0 amide bonds. The van der Waals surface area contributed by atoms with Gasteiger partial charge >= 0.3 is 5.97 Å². The van der Waals surface area contributed by atoms with Crippen LogP contribution in [0.4, 0.5) is 0 Å². The molecule has 1 aromatic rings. The first-order chi connectivity index (χ1) is 10.8. The van der Waals surface area contributed by atoms with Gasteiger partial charge in [-0.05, 0) is 18.4 Å². The monoisotopic (exact) mass is 308 g/mol. The molecule has 0 aliphatic carbocycles. The molecule has 0 aliphatic heterocycles. The van der Waals surface area contributed by atoms with Gasteiger partial charge in [-0.2, -0.15) is 0 Å². The molecule has 1 aromatic carbocycles. The number of hydrogen-bond acceptors (Lipinski definition) is 4. The van der Waals surface area contributed by atoms with Crippen LogP contribution in [0.2, 0.25) is 0 Å². The normalized spacial score (nSPS) is 10.9. The van der Waals surface area contributed by atoms with Gasteiger partial charge in [0.1, 0.15) is 6.61 Å². The Bertz CT molecular complexity index is 381. The molecule has 4 heteroatoms. The summed E-state index contributed by atoms with van der Waals surface area (Å²) < 4.78 is 16.5. The van der Waals surface area contributed by atoms with Crippen molar-refractivity contribution >= 4 is 5.97 Å². The van der Waals surface area contributed by atoms with E-state index in [4.69, 9.17) is 14.2 Å². The maximum absolute atomic E-state index is 11.9. The SMILES string of the molecule is CCCCOC(CC(=O)OCc1ccccc1)OCCCC. The van der Waals surface area contributed by atoms with Gasteiger partial charge < -0.3 is 14.2 Å². The molecule has 0 spiro atoms. The van der Waals surface area contributed by atoms with E-state index in [0.717, 1.165) is 31.2 Å². The second kappa shape index (κ2) is 12.2. The van der Waals surface area contributed by atoms with Crippen LogP contribution < -0.4 is 0 Å². The van der Waals surface area contributed by atoms with E-state index in [1.807, 2.05) is 30.3 Å². The predicted molar refractivity (Wildman–Crippen MR) is 86.4 cm³/mol. The minimum Gasteiger partial charge on any atom is -0.461 e. The van der Waals surface area contributed by atoms with Gasteiger partial charge in [0, 0.05) is 13.2 Å². The summed E-state index contributed by atoms with van der Waals surface area (Å²) in [4.78, 5) is 11.9. The number of carbonyl (C=O) groups is 1. The van der Waals surface area contributed by atoms with Crippen molar-refractivity contribution in [2.24, 2.45) is 0 Å². The van der Waals surface area contributed by atoms with Crippen LogP contribution in [0.5, 0.6) is 0 Å². The molecule has 0 saturated heterocycles. The largest absolute Gasteiger partial charge is 0.461 e. The molecule has 124 valence electrons. The minimum atomic E-state index is -0.499. The smallest absolute Gasteiger partial charge is 0.311 e. The van der Waals surface area contributed by atoms with E-state index in [0.29, 0.717) is 13.2 Å². The first-order valence-electron chi connectivity index (χ1n) is 8.19. The van der Waals surface area contributed by atoms with Crippen LogP contribution in [0.15, 0.2) is 30.3 Å². The molecule has 1 rings (SSSR count). The van der Waals surface area contributed by atoms with Crippen LogP contribution in [0.1, 0.15) is 51.5 Å². The standard InChI is InChI=1S/C18H28O4/c1-3-5-12-20-18(21-13-6-4-2)14-17(19)22-15-16-10-8-7-9-11-16/h7-11,18H,3-6,12-15H2,1-2H3. The van der Waals surface area contributed by atoms with E-state index in [1.165, 1.54) is 0 Å². The molecule has 0 atom stereocenters. The number of benzene rings is 1. The van der Waals surface area contributed by atoms with Crippen LogP contribution in [0, 0.1) is 0 Å². The summed E-state index contributed by atoms with van der Waals surface area (Å²) in [6.07, 6.45) is 3.68. The summed E-state index contributed by atoms with van der Waals surface area (Å²) in [5.74, 6) is -0.290. The van der Waals surface area contributed by atoms with Crippen LogP contribution in [0.25, 0.3) is 0 Å². The van der Waals surface area contributed by atoms with E-state index in [-0.39, 0.29) is 19.0 Å². The fourth-order valence-corrected chi connectivity index (χ4v) is 1.82. The minimum absolute atomic E-state index is 0.139. The molecular weight excluding hydrogens is 280 g/mol. The highest BCUT2D eigenvalue weighted by Gasteiger charge is 2.16. The maximum atomic E-state index is 11.9. The summed E-state index contributed by atoms with van der Waals surface area (Å²) in [7, 11) is 0. The predicted octanol–water partition coefficient (Wildman–Crippen LogP) is 4.08. The van der Waals surface area contributed by atoms with Crippen molar-refractivity contribution < 1.29 is 19.0 Å². The number of hydrogen-bond donors (Lipinski definition) is 0. The number of carbonyl (C=O) groups excluding carboxylic acids is 1. The first kappa shape index (κ1) is 18.7. The molecule has 0 N–H and O–H groups in total. The van der Waals surface area contributed by atoms with Crippen molar-refractivity contribution in [1.82, 2.24) is 0 Å². The Morgan fingerprint density at radius 3 is 2.14 bits per heavy atom. The highest BCUT2D eigenvalue weighted by atomic mass is 16.7. The van der Waals surface area contributed by atoms with Gasteiger partial charge in [0.15, 0.2) is 6.29 Å². The van der Waals surface area contributed by atoms with E-state index >= 15 is 0 Å². The Morgan fingerprint density at radius 2 is 1.59 bits per heavy atom. The Balaban J connectivity index is 2.32. The Labute approximate surface area is 133 Å². The van der Waals surface area contributed by atoms with Gasteiger partial charge in [0.25, 0.3) is 0 Å². The summed E-state index contributed by atoms with van der Waals surface area (Å²) in [6, 6.07) is 9.65. The lowest BCUT2D eigenvalue weighted by molar-refractivity contribution is -0.172. The third-order valence-electron chi connectivity index (χ3n) is 3.18. The lowest BCUT2D eigenvalue weighted by Gasteiger charge is -2.18. The van der Waals surface area contributed by atoms with Gasteiger partial charge in [-0.15, -0.1) is 0 Å². The highest BCUT2D eigenvalue weighted by Crippen LogP contribution is 2.08. The Kier molecular flexibility index (Phi) is 10.3. The highest BCUT2D eigenvalue weighted by molar-refractivity contribution is 5.69. The number of unbranched alkanes of at least 4 members (excludes halogenated alkanes) is 2. The quantitative estimate of drug-likeness (QED) is 0.331. The van der Waals surface area contributed by atoms with Crippen LogP contribution in [0.3, 0.4) is 0 Å². The molecule has 0 aromatic heterocycles. The van der Waals surface area contributed by atoms with E-state index < -0.39 is 6.29 Å². The van der Waals surface area contributed by atoms with Crippen molar-refractivity contribution in [3.05, 3.63) is 35.9 Å². The molecule has 0 unspecified atom stereocenters. The van der Waals surface area contributed by atoms with Gasteiger partial charge in [-0.3, -0.25) is 4.79 Å². The molecule has 0 fully saturated rings. The van der Waals surface area contributed by atoms with Gasteiger partial charge in [-0.25, -0.2) is 0 Å². The van der Waals surface area contributed by atoms with Gasteiger partial charge in [-0.1, -0.05) is 57.0 Å². The molecule has 4 nitrogen and oxygen atoms in total. The topological polar surface area (TPSA) is 44.8 Å². The third-order valence-corrected chi connectivity index (χ3v) is 3.18. The second-order valence-corrected chi connectivity index (χ2v) is 5.23. The average Bonchev–Trinajstić information content (AvgIpc) is 2.54. The van der Waals surface area contributed by atoms with Crippen molar-refractivity contribution in [3.8, 4) is 0 Å². The van der Waals surface area contributed by atoms with E-state index in [1.54, 1.807) is 0 Å². The Hall–Kier alpha value is -1.39. The lowest BCUT2D eigenvalue weighted by atomic mass is 10.2. The third kappa shape index (κ3) is 8.80. The van der Waals surface area contributed by atoms with Crippen molar-refractivity contribution in [2.75, 3.05) is 13.2 Å². The van der Waals surface area contributed by atoms with Crippen LogP contribution in [-0.2, 0) is 25.6 Å². The average molecular weight is 308 g/mol. The van der Waals surface area contributed by atoms with Crippen molar-refractivity contribution in [2.45, 2.75) is 58.8 Å². The maximum Gasteiger partial charge on any atom is 0.311 e. The molecule has 0 aliphatic rings. The number of esters is 1. The first-order valence-corrected chi connectivity index (χ1v) is 8.19. The van der Waals surface area contributed by atoms with E-state index in [2.05, 4.69) is 13.8 Å². The number of ether oxygens (including phenoxy) is 3. The summed E-state index contributed by atoms with van der Waals surface area (Å²) >= 11 is 0. The lowest BCUT2D eigenvalue weighted by Crippen LogP contribution is -2.23. The van der Waals surface area contributed by atoms with E-state index in [9.17, 15) is 4.79 Å². The molecule has 0 radical (unpaired) electrons. The fourth-order valence-electron chi connectivity index (χ4n) is 1.82. The Morgan fingerprint density at radius 1 is 1.00 bits per heavy atom. The van der Waals surface area contributed by atoms with Crippen molar-refractivity contribution in [3.63, 3.8) is 0 Å². The fraction of sp³-hybridized carbons (Fsp3) is 0.611. The van der Waals surface area contributed by atoms with Gasteiger partial charge in [0.2, 0.25) is 0 Å².